The number of rotatable bonds is 3. The molecule has 1 aromatic heterocycles. The fraction of sp³-hybridized carbons (Fsp3) is 0.200. The normalized spacial score (nSPS) is 11.8. The number of benzene rings is 1. The first-order chi connectivity index (χ1) is 7.54. The summed E-state index contributed by atoms with van der Waals surface area (Å²) in [5.74, 6) is -0.0691. The number of aromatic nitrogens is 2. The highest BCUT2D eigenvalue weighted by Gasteiger charge is 2.06. The molecule has 0 amide bonds. The summed E-state index contributed by atoms with van der Waals surface area (Å²) in [6.07, 6.45) is 3.61. The molecule has 0 N–H and O–H groups in total. The number of hydrogen-bond acceptors (Lipinski definition) is 4. The molecule has 0 saturated heterocycles. The molecule has 1 heterocycles. The molecule has 0 atom stereocenters. The summed E-state index contributed by atoms with van der Waals surface area (Å²) < 4.78 is 21.6. The molecule has 0 radical (unpaired) electrons. The van der Waals surface area contributed by atoms with Crippen molar-refractivity contribution in [1.82, 2.24) is 9.97 Å². The maximum absolute atomic E-state index is 10.8. The standard InChI is InChI=1S/C10H9ClN2O2S/c11-16(14,15)6-3-8-1-2-9-10(7-8)13-5-4-12-9/h1-2,4-5,7H,3,6H2. The number of hydrogen-bond donors (Lipinski definition) is 0. The van der Waals surface area contributed by atoms with E-state index in [2.05, 4.69) is 9.97 Å². The summed E-state index contributed by atoms with van der Waals surface area (Å²) >= 11 is 0. The van der Waals surface area contributed by atoms with Crippen molar-refractivity contribution < 1.29 is 8.42 Å². The lowest BCUT2D eigenvalue weighted by Gasteiger charge is -2.01. The van der Waals surface area contributed by atoms with Crippen LogP contribution in [0.3, 0.4) is 0 Å². The molecule has 0 unspecified atom stereocenters. The second-order valence-electron chi connectivity index (χ2n) is 3.37. The van der Waals surface area contributed by atoms with Crippen LogP contribution in [0.1, 0.15) is 5.56 Å². The first-order valence-corrected chi connectivity index (χ1v) is 7.14. The fourth-order valence-electron chi connectivity index (χ4n) is 1.40. The molecule has 0 fully saturated rings. The Morgan fingerprint density at radius 3 is 2.50 bits per heavy atom. The van der Waals surface area contributed by atoms with Crippen LogP contribution < -0.4 is 0 Å². The highest BCUT2D eigenvalue weighted by Crippen LogP contribution is 2.12. The Morgan fingerprint density at radius 1 is 1.12 bits per heavy atom. The van der Waals surface area contributed by atoms with Crippen LogP contribution in [0.25, 0.3) is 11.0 Å². The lowest BCUT2D eigenvalue weighted by atomic mass is 10.1. The zero-order chi connectivity index (χ0) is 11.6. The lowest BCUT2D eigenvalue weighted by Crippen LogP contribution is -2.01. The molecule has 0 spiro atoms. The van der Waals surface area contributed by atoms with Gasteiger partial charge in [0.15, 0.2) is 0 Å². The molecule has 1 aromatic carbocycles. The highest BCUT2D eigenvalue weighted by atomic mass is 35.7. The minimum absolute atomic E-state index is 0.0691. The topological polar surface area (TPSA) is 59.9 Å². The van der Waals surface area contributed by atoms with Crippen LogP contribution >= 0.6 is 10.7 Å². The third-order valence-corrected chi connectivity index (χ3v) is 3.32. The molecule has 2 aromatic rings. The molecule has 0 aliphatic carbocycles. The first kappa shape index (κ1) is 11.3. The van der Waals surface area contributed by atoms with Gasteiger partial charge < -0.3 is 0 Å². The average Bonchev–Trinajstić information content (AvgIpc) is 2.25. The number of aryl methyl sites for hydroxylation is 1. The van der Waals surface area contributed by atoms with Crippen molar-refractivity contribution >= 4 is 30.8 Å². The zero-order valence-electron chi connectivity index (χ0n) is 8.30. The minimum atomic E-state index is -3.44. The van der Waals surface area contributed by atoms with Gasteiger partial charge in [0, 0.05) is 23.1 Å². The quantitative estimate of drug-likeness (QED) is 0.785. The van der Waals surface area contributed by atoms with Crippen LogP contribution in [0.15, 0.2) is 30.6 Å². The summed E-state index contributed by atoms with van der Waals surface area (Å²) in [5.41, 5.74) is 2.43. The monoisotopic (exact) mass is 256 g/mol. The van der Waals surface area contributed by atoms with E-state index in [9.17, 15) is 8.42 Å². The first-order valence-electron chi connectivity index (χ1n) is 4.66. The predicted molar refractivity (Wildman–Crippen MR) is 62.9 cm³/mol. The zero-order valence-corrected chi connectivity index (χ0v) is 9.87. The van der Waals surface area contributed by atoms with Gasteiger partial charge in [-0.3, -0.25) is 9.97 Å². The third kappa shape index (κ3) is 2.90. The minimum Gasteiger partial charge on any atom is -0.253 e. The molecular formula is C10H9ClN2O2S. The molecule has 0 aliphatic rings. The maximum atomic E-state index is 10.8. The molecular weight excluding hydrogens is 248 g/mol. The second-order valence-corrected chi connectivity index (χ2v) is 6.27. The second kappa shape index (κ2) is 4.35. The van der Waals surface area contributed by atoms with Crippen LogP contribution in [0.4, 0.5) is 0 Å². The summed E-state index contributed by atoms with van der Waals surface area (Å²) in [7, 11) is 1.71. The summed E-state index contributed by atoms with van der Waals surface area (Å²) in [5, 5.41) is 0. The third-order valence-electron chi connectivity index (χ3n) is 2.17. The van der Waals surface area contributed by atoms with E-state index < -0.39 is 9.05 Å². The van der Waals surface area contributed by atoms with Gasteiger partial charge in [-0.15, -0.1) is 0 Å². The highest BCUT2D eigenvalue weighted by molar-refractivity contribution is 8.13. The van der Waals surface area contributed by atoms with Crippen LogP contribution in [0.2, 0.25) is 0 Å². The van der Waals surface area contributed by atoms with E-state index in [1.165, 1.54) is 0 Å². The fourth-order valence-corrected chi connectivity index (χ4v) is 2.12. The van der Waals surface area contributed by atoms with Crippen molar-refractivity contribution in [3.63, 3.8) is 0 Å². The Morgan fingerprint density at radius 2 is 1.81 bits per heavy atom. The Balaban J connectivity index is 2.26. The summed E-state index contributed by atoms with van der Waals surface area (Å²) in [6.45, 7) is 0. The van der Waals surface area contributed by atoms with Gasteiger partial charge in [0.1, 0.15) is 0 Å². The van der Waals surface area contributed by atoms with Crippen LogP contribution in [-0.2, 0) is 15.5 Å². The van der Waals surface area contributed by atoms with Gasteiger partial charge in [0.25, 0.3) is 0 Å². The Bertz CT molecular complexity index is 613. The molecule has 2 rings (SSSR count). The molecule has 6 heteroatoms. The van der Waals surface area contributed by atoms with Crippen LogP contribution in [-0.4, -0.2) is 24.1 Å². The average molecular weight is 257 g/mol. The van der Waals surface area contributed by atoms with Gasteiger partial charge in [0.05, 0.1) is 16.8 Å². The molecule has 84 valence electrons. The van der Waals surface area contributed by atoms with Gasteiger partial charge in [-0.25, -0.2) is 8.42 Å². The number of fused-ring (bicyclic) bond motifs is 1. The summed E-state index contributed by atoms with van der Waals surface area (Å²) in [6, 6.07) is 5.47. The van der Waals surface area contributed by atoms with Gasteiger partial charge in [0.2, 0.25) is 9.05 Å². The van der Waals surface area contributed by atoms with Gasteiger partial charge in [-0.2, -0.15) is 0 Å². The van der Waals surface area contributed by atoms with Crippen molar-refractivity contribution in [3.8, 4) is 0 Å². The Hall–Kier alpha value is -1.20. The Kier molecular flexibility index (Phi) is 3.07. The lowest BCUT2D eigenvalue weighted by molar-refractivity contribution is 0.609. The SMILES string of the molecule is O=S(=O)(Cl)CCc1ccc2nccnc2c1. The number of halogens is 1. The van der Waals surface area contributed by atoms with Crippen molar-refractivity contribution in [2.24, 2.45) is 0 Å². The van der Waals surface area contributed by atoms with Crippen LogP contribution in [0.5, 0.6) is 0 Å². The number of nitrogens with zero attached hydrogens (tertiary/aromatic N) is 2. The van der Waals surface area contributed by atoms with Crippen LogP contribution in [0, 0.1) is 0 Å². The van der Waals surface area contributed by atoms with E-state index in [4.69, 9.17) is 10.7 Å². The van der Waals surface area contributed by atoms with E-state index in [1.807, 2.05) is 18.2 Å². The van der Waals surface area contributed by atoms with Crippen molar-refractivity contribution in [2.45, 2.75) is 6.42 Å². The van der Waals surface area contributed by atoms with E-state index in [1.54, 1.807) is 12.4 Å². The molecule has 16 heavy (non-hydrogen) atoms. The molecule has 4 nitrogen and oxygen atoms in total. The Labute approximate surface area is 97.7 Å². The maximum Gasteiger partial charge on any atom is 0.232 e. The van der Waals surface area contributed by atoms with E-state index in [0.29, 0.717) is 6.42 Å². The largest absolute Gasteiger partial charge is 0.253 e. The predicted octanol–water partition coefficient (Wildman–Crippen LogP) is 1.74. The van der Waals surface area contributed by atoms with E-state index in [-0.39, 0.29) is 5.75 Å². The van der Waals surface area contributed by atoms with Gasteiger partial charge >= 0.3 is 0 Å². The van der Waals surface area contributed by atoms with E-state index in [0.717, 1.165) is 16.6 Å². The van der Waals surface area contributed by atoms with E-state index >= 15 is 0 Å². The van der Waals surface area contributed by atoms with Crippen molar-refractivity contribution in [2.75, 3.05) is 5.75 Å². The molecule has 0 saturated carbocycles. The van der Waals surface area contributed by atoms with Gasteiger partial charge in [-0.1, -0.05) is 6.07 Å². The smallest absolute Gasteiger partial charge is 0.232 e. The van der Waals surface area contributed by atoms with Crippen molar-refractivity contribution in [1.29, 1.82) is 0 Å². The van der Waals surface area contributed by atoms with Crippen molar-refractivity contribution in [3.05, 3.63) is 36.2 Å². The molecule has 0 aliphatic heterocycles. The van der Waals surface area contributed by atoms with Gasteiger partial charge in [-0.05, 0) is 24.1 Å². The molecule has 0 bridgehead atoms. The summed E-state index contributed by atoms with van der Waals surface area (Å²) in [4.78, 5) is 8.27.